The van der Waals surface area contributed by atoms with E-state index >= 15 is 0 Å². The molecule has 0 saturated carbocycles. The van der Waals surface area contributed by atoms with Crippen LogP contribution in [0.3, 0.4) is 0 Å². The van der Waals surface area contributed by atoms with Crippen LogP contribution in [0.4, 0.5) is 0 Å². The van der Waals surface area contributed by atoms with Crippen LogP contribution in [-0.2, 0) is 12.0 Å². The molecule has 1 aromatic heterocycles. The van der Waals surface area contributed by atoms with Gasteiger partial charge in [-0.25, -0.2) is 4.98 Å². The fourth-order valence-corrected chi connectivity index (χ4v) is 3.36. The molecule has 2 aromatic rings. The highest BCUT2D eigenvalue weighted by molar-refractivity contribution is 5.76. The molecule has 0 amide bonds. The SMILES string of the molecule is CN1CCCCC1Cn1c(C(C)(C)C)nc2c[c]ccc21. The highest BCUT2D eigenvalue weighted by Gasteiger charge is 2.26. The van der Waals surface area contributed by atoms with Gasteiger partial charge in [-0.1, -0.05) is 33.3 Å². The number of hydrogen-bond donors (Lipinski definition) is 0. The predicted molar refractivity (Wildman–Crippen MR) is 87.5 cm³/mol. The molecule has 1 fully saturated rings. The summed E-state index contributed by atoms with van der Waals surface area (Å²) in [6, 6.07) is 9.94. The Morgan fingerprint density at radius 1 is 1.33 bits per heavy atom. The monoisotopic (exact) mass is 284 g/mol. The molecule has 3 nitrogen and oxygen atoms in total. The lowest BCUT2D eigenvalue weighted by Gasteiger charge is -2.34. The van der Waals surface area contributed by atoms with Crippen LogP contribution in [-0.4, -0.2) is 34.1 Å². The van der Waals surface area contributed by atoms with Crippen LogP contribution in [0.15, 0.2) is 18.2 Å². The van der Waals surface area contributed by atoms with Crippen molar-refractivity contribution >= 4 is 11.0 Å². The van der Waals surface area contributed by atoms with Crippen molar-refractivity contribution in [2.45, 2.75) is 58.0 Å². The second-order valence-electron chi connectivity index (χ2n) is 7.34. The highest BCUT2D eigenvalue weighted by atomic mass is 15.2. The van der Waals surface area contributed by atoms with Crippen molar-refractivity contribution in [1.82, 2.24) is 14.5 Å². The van der Waals surface area contributed by atoms with Gasteiger partial charge in [0.2, 0.25) is 0 Å². The quantitative estimate of drug-likeness (QED) is 0.840. The first kappa shape index (κ1) is 14.6. The zero-order chi connectivity index (χ0) is 15.0. The van der Waals surface area contributed by atoms with Gasteiger partial charge in [-0.05, 0) is 44.6 Å². The van der Waals surface area contributed by atoms with Crippen molar-refractivity contribution in [3.05, 3.63) is 30.1 Å². The van der Waals surface area contributed by atoms with Crippen molar-refractivity contribution in [2.75, 3.05) is 13.6 Å². The molecule has 1 saturated heterocycles. The third-order valence-electron chi connectivity index (χ3n) is 4.58. The first-order chi connectivity index (χ1) is 9.97. The van der Waals surface area contributed by atoms with E-state index in [1.807, 2.05) is 12.1 Å². The largest absolute Gasteiger partial charge is 0.326 e. The van der Waals surface area contributed by atoms with Crippen LogP contribution in [0.1, 0.15) is 45.9 Å². The zero-order valence-electron chi connectivity index (χ0n) is 13.7. The lowest BCUT2D eigenvalue weighted by atomic mass is 9.95. The number of likely N-dealkylation sites (N-methyl/N-ethyl adjacent to an activating group) is 1. The molecule has 1 atom stereocenters. The van der Waals surface area contributed by atoms with Crippen LogP contribution < -0.4 is 0 Å². The van der Waals surface area contributed by atoms with Gasteiger partial charge in [-0.2, -0.15) is 0 Å². The third kappa shape index (κ3) is 2.84. The van der Waals surface area contributed by atoms with Gasteiger partial charge in [0.1, 0.15) is 5.82 Å². The van der Waals surface area contributed by atoms with Gasteiger partial charge in [0, 0.05) is 18.0 Å². The van der Waals surface area contributed by atoms with E-state index in [2.05, 4.69) is 49.4 Å². The number of likely N-dealkylation sites (tertiary alicyclic amines) is 1. The minimum absolute atomic E-state index is 0.0618. The van der Waals surface area contributed by atoms with Gasteiger partial charge in [0.05, 0.1) is 11.0 Å². The van der Waals surface area contributed by atoms with E-state index in [1.165, 1.54) is 37.1 Å². The van der Waals surface area contributed by atoms with E-state index in [1.54, 1.807) is 0 Å². The van der Waals surface area contributed by atoms with Gasteiger partial charge >= 0.3 is 0 Å². The van der Waals surface area contributed by atoms with E-state index in [9.17, 15) is 0 Å². The molecule has 113 valence electrons. The van der Waals surface area contributed by atoms with Crippen molar-refractivity contribution in [2.24, 2.45) is 0 Å². The molecule has 0 bridgehead atoms. The average Bonchev–Trinajstić information content (AvgIpc) is 2.80. The summed E-state index contributed by atoms with van der Waals surface area (Å²) in [4.78, 5) is 7.40. The summed E-state index contributed by atoms with van der Waals surface area (Å²) < 4.78 is 2.44. The minimum atomic E-state index is 0.0618. The average molecular weight is 284 g/mol. The van der Waals surface area contributed by atoms with Crippen molar-refractivity contribution in [3.63, 3.8) is 0 Å². The molecule has 1 aliphatic rings. The van der Waals surface area contributed by atoms with E-state index in [0.29, 0.717) is 6.04 Å². The number of benzene rings is 1. The zero-order valence-corrected chi connectivity index (χ0v) is 13.7. The van der Waals surface area contributed by atoms with E-state index in [4.69, 9.17) is 4.98 Å². The van der Waals surface area contributed by atoms with E-state index < -0.39 is 0 Å². The molecule has 0 spiro atoms. The maximum Gasteiger partial charge on any atom is 0.115 e. The number of fused-ring (bicyclic) bond motifs is 1. The van der Waals surface area contributed by atoms with E-state index in [0.717, 1.165) is 12.1 Å². The maximum atomic E-state index is 4.89. The van der Waals surface area contributed by atoms with Crippen LogP contribution in [0.2, 0.25) is 0 Å². The third-order valence-corrected chi connectivity index (χ3v) is 4.58. The maximum absolute atomic E-state index is 4.89. The number of aromatic nitrogens is 2. The van der Waals surface area contributed by atoms with Crippen LogP contribution in [0, 0.1) is 6.07 Å². The summed E-state index contributed by atoms with van der Waals surface area (Å²) in [6.45, 7) is 9.01. The standard InChI is InChI=1S/C18H26N3/c1-18(2,3)17-19-15-10-5-6-11-16(15)21(17)13-14-9-7-8-12-20(14)4/h6,10-11,14H,7-9,12-13H2,1-4H3. The Morgan fingerprint density at radius 3 is 2.86 bits per heavy atom. The number of piperidine rings is 1. The Morgan fingerprint density at radius 2 is 2.14 bits per heavy atom. The summed E-state index contributed by atoms with van der Waals surface area (Å²) in [5.41, 5.74) is 2.38. The topological polar surface area (TPSA) is 21.1 Å². The van der Waals surface area contributed by atoms with E-state index in [-0.39, 0.29) is 5.41 Å². The summed E-state index contributed by atoms with van der Waals surface area (Å²) in [7, 11) is 2.26. The predicted octanol–water partition coefficient (Wildman–Crippen LogP) is 3.62. The number of rotatable bonds is 2. The molecule has 1 radical (unpaired) electrons. The summed E-state index contributed by atoms with van der Waals surface area (Å²) in [6.07, 6.45) is 3.97. The first-order valence-corrected chi connectivity index (χ1v) is 8.04. The van der Waals surface area contributed by atoms with Crippen molar-refractivity contribution < 1.29 is 0 Å². The Labute approximate surface area is 128 Å². The van der Waals surface area contributed by atoms with Gasteiger partial charge in [-0.3, -0.25) is 0 Å². The number of imidazole rings is 1. The molecular formula is C18H26N3. The molecule has 1 aromatic carbocycles. The Kier molecular flexibility index (Phi) is 3.78. The van der Waals surface area contributed by atoms with Crippen LogP contribution >= 0.6 is 0 Å². The molecule has 3 rings (SSSR count). The summed E-state index contributed by atoms with van der Waals surface area (Å²) >= 11 is 0. The molecule has 0 aliphatic carbocycles. The second kappa shape index (κ2) is 5.45. The summed E-state index contributed by atoms with van der Waals surface area (Å²) in [5.74, 6) is 1.19. The molecule has 0 N–H and O–H groups in total. The first-order valence-electron chi connectivity index (χ1n) is 8.04. The summed E-state index contributed by atoms with van der Waals surface area (Å²) in [5, 5.41) is 0. The van der Waals surface area contributed by atoms with Crippen LogP contribution in [0.25, 0.3) is 11.0 Å². The van der Waals surface area contributed by atoms with Gasteiger partial charge in [-0.15, -0.1) is 0 Å². The molecule has 3 heteroatoms. The Bertz CT molecular complexity index is 621. The van der Waals surface area contributed by atoms with Gasteiger partial charge in [0.25, 0.3) is 0 Å². The molecule has 1 unspecified atom stereocenters. The number of nitrogens with zero attached hydrogens (tertiary/aromatic N) is 3. The minimum Gasteiger partial charge on any atom is -0.326 e. The van der Waals surface area contributed by atoms with Crippen molar-refractivity contribution in [3.8, 4) is 0 Å². The normalized spacial score (nSPS) is 21.0. The molecule has 1 aliphatic heterocycles. The molecule has 2 heterocycles. The van der Waals surface area contributed by atoms with Gasteiger partial charge in [0.15, 0.2) is 0 Å². The molecule has 21 heavy (non-hydrogen) atoms. The second-order valence-corrected chi connectivity index (χ2v) is 7.34. The Hall–Kier alpha value is -1.35. The smallest absolute Gasteiger partial charge is 0.115 e. The number of hydrogen-bond acceptors (Lipinski definition) is 2. The fourth-order valence-electron chi connectivity index (χ4n) is 3.36. The lowest BCUT2D eigenvalue weighted by molar-refractivity contribution is 0.166. The van der Waals surface area contributed by atoms with Gasteiger partial charge < -0.3 is 9.47 Å². The van der Waals surface area contributed by atoms with Crippen molar-refractivity contribution in [1.29, 1.82) is 0 Å². The highest BCUT2D eigenvalue weighted by Crippen LogP contribution is 2.28. The molecular weight excluding hydrogens is 258 g/mol. The van der Waals surface area contributed by atoms with Crippen LogP contribution in [0.5, 0.6) is 0 Å². The lowest BCUT2D eigenvalue weighted by Crippen LogP contribution is -2.40. The fraction of sp³-hybridized carbons (Fsp3) is 0.611. The Balaban J connectivity index is 2.03.